The molecule has 0 radical (unpaired) electrons. The molecular formula is C21H17N5O2S2. The molecule has 1 atom stereocenters. The lowest BCUT2D eigenvalue weighted by Gasteiger charge is -2.10. The minimum atomic E-state index is -0.128. The van der Waals surface area contributed by atoms with E-state index >= 15 is 0 Å². The van der Waals surface area contributed by atoms with Crippen molar-refractivity contribution >= 4 is 33.3 Å². The van der Waals surface area contributed by atoms with Crippen molar-refractivity contribution in [2.45, 2.75) is 17.3 Å². The number of hydrogen-bond acceptors (Lipinski definition) is 7. The number of hydrogen-bond donors (Lipinski definition) is 1. The van der Waals surface area contributed by atoms with Crippen LogP contribution in [-0.4, -0.2) is 24.7 Å². The zero-order chi connectivity index (χ0) is 20.7. The fraction of sp³-hybridized carbons (Fsp3) is 0.143. The highest BCUT2D eigenvalue weighted by Crippen LogP contribution is 2.35. The zero-order valence-corrected chi connectivity index (χ0v) is 17.8. The van der Waals surface area contributed by atoms with Crippen LogP contribution in [0.2, 0.25) is 0 Å². The third kappa shape index (κ3) is 3.25. The molecule has 0 aliphatic carbocycles. The number of thioether (sulfide) groups is 1. The summed E-state index contributed by atoms with van der Waals surface area (Å²) >= 11 is 2.96. The van der Waals surface area contributed by atoms with E-state index in [9.17, 15) is 4.79 Å². The van der Waals surface area contributed by atoms with E-state index in [2.05, 4.69) is 15.2 Å². The highest BCUT2D eigenvalue weighted by Gasteiger charge is 2.20. The molecule has 150 valence electrons. The molecule has 1 N–H and O–H groups in total. The van der Waals surface area contributed by atoms with Gasteiger partial charge in [0.2, 0.25) is 0 Å². The fourth-order valence-corrected chi connectivity index (χ4v) is 5.07. The van der Waals surface area contributed by atoms with Crippen molar-refractivity contribution in [2.75, 3.05) is 0 Å². The van der Waals surface area contributed by atoms with Crippen LogP contribution < -0.4 is 5.56 Å². The molecule has 0 aliphatic heterocycles. The first-order chi connectivity index (χ1) is 14.6. The second kappa shape index (κ2) is 7.58. The van der Waals surface area contributed by atoms with E-state index in [-0.39, 0.29) is 10.8 Å². The van der Waals surface area contributed by atoms with E-state index in [0.717, 1.165) is 16.0 Å². The van der Waals surface area contributed by atoms with Crippen molar-refractivity contribution < 1.29 is 4.42 Å². The average molecular weight is 436 g/mol. The van der Waals surface area contributed by atoms with Gasteiger partial charge in [-0.2, -0.15) is 0 Å². The van der Waals surface area contributed by atoms with Crippen molar-refractivity contribution in [1.82, 2.24) is 24.7 Å². The van der Waals surface area contributed by atoms with E-state index in [1.165, 1.54) is 23.1 Å². The predicted molar refractivity (Wildman–Crippen MR) is 119 cm³/mol. The summed E-state index contributed by atoms with van der Waals surface area (Å²) in [5.74, 6) is 1.92. The predicted octanol–water partition coefficient (Wildman–Crippen LogP) is 4.89. The van der Waals surface area contributed by atoms with Crippen LogP contribution in [0.25, 0.3) is 32.9 Å². The number of fused-ring (bicyclic) bond motifs is 1. The Balaban J connectivity index is 1.46. The molecule has 0 amide bonds. The van der Waals surface area contributed by atoms with Gasteiger partial charge in [-0.05, 0) is 24.6 Å². The maximum atomic E-state index is 12.9. The van der Waals surface area contributed by atoms with Crippen LogP contribution in [0.15, 0.2) is 68.5 Å². The Morgan fingerprint density at radius 3 is 2.77 bits per heavy atom. The minimum absolute atomic E-state index is 0.114. The minimum Gasteiger partial charge on any atom is -0.461 e. The molecule has 0 fully saturated rings. The van der Waals surface area contributed by atoms with Crippen molar-refractivity contribution in [3.63, 3.8) is 0 Å². The second-order valence-electron chi connectivity index (χ2n) is 6.75. The second-order valence-corrected chi connectivity index (χ2v) is 8.92. The summed E-state index contributed by atoms with van der Waals surface area (Å²) in [6.07, 6.45) is 1.61. The van der Waals surface area contributed by atoms with Crippen LogP contribution in [0.1, 0.15) is 18.0 Å². The number of H-pyrrole nitrogens is 1. The number of nitrogens with one attached hydrogen (secondary N) is 1. The Kier molecular flexibility index (Phi) is 4.76. The summed E-state index contributed by atoms with van der Waals surface area (Å²) in [6, 6.07) is 13.5. The highest BCUT2D eigenvalue weighted by atomic mass is 32.2. The molecule has 4 aromatic heterocycles. The number of furan rings is 1. The molecule has 1 unspecified atom stereocenters. The van der Waals surface area contributed by atoms with Gasteiger partial charge in [-0.1, -0.05) is 42.1 Å². The lowest BCUT2D eigenvalue weighted by molar-refractivity contribution is 0.572. The standard InChI is InChI=1S/C21H17N5O2S2/c1-12(30-21-25-24-18(26(21)2)15-9-6-10-28-15)17-22-19(27)16-14(11-29-20(16)23-17)13-7-4-3-5-8-13/h3-12H,1-2H3,(H,22,23,27). The van der Waals surface area contributed by atoms with Crippen LogP contribution in [0.4, 0.5) is 0 Å². The van der Waals surface area contributed by atoms with Gasteiger partial charge in [0, 0.05) is 18.0 Å². The van der Waals surface area contributed by atoms with Crippen molar-refractivity contribution in [3.8, 4) is 22.7 Å². The molecule has 0 spiro atoms. The first-order valence-corrected chi connectivity index (χ1v) is 11.0. The number of aromatic nitrogens is 5. The number of rotatable bonds is 5. The summed E-state index contributed by atoms with van der Waals surface area (Å²) in [6.45, 7) is 1.99. The van der Waals surface area contributed by atoms with E-state index in [1.54, 1.807) is 6.26 Å². The Hall–Kier alpha value is -3.17. The molecule has 9 heteroatoms. The Morgan fingerprint density at radius 1 is 1.17 bits per heavy atom. The van der Waals surface area contributed by atoms with Crippen LogP contribution in [0.3, 0.4) is 0 Å². The maximum Gasteiger partial charge on any atom is 0.260 e. The first kappa shape index (κ1) is 18.8. The van der Waals surface area contributed by atoms with Crippen LogP contribution in [0.5, 0.6) is 0 Å². The van der Waals surface area contributed by atoms with Crippen LogP contribution >= 0.6 is 23.1 Å². The van der Waals surface area contributed by atoms with E-state index in [1.807, 2.05) is 66.4 Å². The SMILES string of the molecule is CC(Sc1nnc(-c2ccco2)n1C)c1nc2scc(-c3ccccc3)c2c(=O)[nH]1. The number of benzene rings is 1. The van der Waals surface area contributed by atoms with Gasteiger partial charge < -0.3 is 14.0 Å². The Morgan fingerprint density at radius 2 is 2.00 bits per heavy atom. The zero-order valence-electron chi connectivity index (χ0n) is 16.2. The van der Waals surface area contributed by atoms with Crippen molar-refractivity contribution in [1.29, 1.82) is 0 Å². The molecule has 4 heterocycles. The third-order valence-corrected chi connectivity index (χ3v) is 6.81. The quantitative estimate of drug-likeness (QED) is 0.395. The smallest absolute Gasteiger partial charge is 0.260 e. The van der Waals surface area contributed by atoms with Gasteiger partial charge in [-0.25, -0.2) is 4.98 Å². The lowest BCUT2D eigenvalue weighted by Crippen LogP contribution is -2.12. The lowest BCUT2D eigenvalue weighted by atomic mass is 10.1. The van der Waals surface area contributed by atoms with Crippen LogP contribution in [0, 0.1) is 0 Å². The van der Waals surface area contributed by atoms with E-state index < -0.39 is 0 Å². The largest absolute Gasteiger partial charge is 0.461 e. The monoisotopic (exact) mass is 435 g/mol. The maximum absolute atomic E-state index is 12.9. The van der Waals surface area contributed by atoms with Gasteiger partial charge in [0.15, 0.2) is 16.7 Å². The summed E-state index contributed by atoms with van der Waals surface area (Å²) < 4.78 is 7.29. The first-order valence-electron chi connectivity index (χ1n) is 9.28. The number of nitrogens with zero attached hydrogens (tertiary/aromatic N) is 4. The average Bonchev–Trinajstić information content (AvgIpc) is 3.49. The van der Waals surface area contributed by atoms with Crippen LogP contribution in [-0.2, 0) is 7.05 Å². The molecule has 1 aromatic carbocycles. The van der Waals surface area contributed by atoms with Gasteiger partial charge in [0.1, 0.15) is 10.7 Å². The molecule has 5 aromatic rings. The number of thiophene rings is 1. The van der Waals surface area contributed by atoms with Gasteiger partial charge >= 0.3 is 0 Å². The Labute approximate surface area is 179 Å². The van der Waals surface area contributed by atoms with Gasteiger partial charge in [-0.15, -0.1) is 21.5 Å². The molecule has 0 bridgehead atoms. The molecule has 0 saturated heterocycles. The molecule has 5 rings (SSSR count). The molecule has 30 heavy (non-hydrogen) atoms. The molecule has 0 aliphatic rings. The Bertz CT molecular complexity index is 1370. The summed E-state index contributed by atoms with van der Waals surface area (Å²) in [7, 11) is 1.89. The van der Waals surface area contributed by atoms with E-state index in [0.29, 0.717) is 28.0 Å². The van der Waals surface area contributed by atoms with Crippen molar-refractivity contribution in [2.24, 2.45) is 7.05 Å². The topological polar surface area (TPSA) is 89.6 Å². The summed E-state index contributed by atoms with van der Waals surface area (Å²) in [5, 5.41) is 11.7. The molecule has 7 nitrogen and oxygen atoms in total. The third-order valence-electron chi connectivity index (χ3n) is 4.79. The normalized spacial score (nSPS) is 12.5. The highest BCUT2D eigenvalue weighted by molar-refractivity contribution is 7.99. The fourth-order valence-electron chi connectivity index (χ4n) is 3.24. The van der Waals surface area contributed by atoms with Gasteiger partial charge in [0.25, 0.3) is 5.56 Å². The van der Waals surface area contributed by atoms with Gasteiger partial charge in [-0.3, -0.25) is 4.79 Å². The summed E-state index contributed by atoms with van der Waals surface area (Å²) in [5.41, 5.74) is 1.79. The van der Waals surface area contributed by atoms with Gasteiger partial charge in [0.05, 0.1) is 16.9 Å². The van der Waals surface area contributed by atoms with Crippen molar-refractivity contribution in [3.05, 3.63) is 70.3 Å². The molecular weight excluding hydrogens is 418 g/mol. The number of aromatic amines is 1. The molecule has 0 saturated carbocycles. The van der Waals surface area contributed by atoms with E-state index in [4.69, 9.17) is 9.40 Å². The summed E-state index contributed by atoms with van der Waals surface area (Å²) in [4.78, 5) is 21.3.